The molecule has 0 aliphatic carbocycles. The van der Waals surface area contributed by atoms with Gasteiger partial charge in [-0.05, 0) is 110 Å². The predicted molar refractivity (Wildman–Crippen MR) is 374 cm³/mol. The van der Waals surface area contributed by atoms with Gasteiger partial charge in [0.1, 0.15) is 71.9 Å². The van der Waals surface area contributed by atoms with Gasteiger partial charge in [-0.2, -0.15) is 4.57 Å². The number of fused-ring (bicyclic) bond motifs is 12. The molecule has 18 rings (SSSR count). The van der Waals surface area contributed by atoms with Gasteiger partial charge in [-0.25, -0.2) is 24.1 Å². The first-order chi connectivity index (χ1) is 45.4. The van der Waals surface area contributed by atoms with Gasteiger partial charge in [-0.15, -0.1) is 0 Å². The van der Waals surface area contributed by atoms with Crippen molar-refractivity contribution < 1.29 is 27.0 Å². The molecular formula is C81H66N9O3+3. The van der Waals surface area contributed by atoms with Crippen LogP contribution < -0.4 is 13.7 Å². The standard InChI is InChI=1S/3C27H22N3O/c1-17-18(10-8-11-19(17)27-28-22-12-5-6-13-23(22)30(27)3)24-15-26-21(16-29(24)2)20-9-4-7-14-25(20)31-26;1-17-18(10-8-11-19(17)27-28-22-12-5-6-13-23(22)30(27)3)24-15-21-20-9-4-7-14-25(20)31-26(21)16-29(24)2;1-17-18(10-8-11-19(17)27-28-21-12-5-6-13-22(21)30(27)3)26-25-20-9-4-7-14-23(20)31-24(25)15-16-29(26)2/h3*4-16H,1-3H3/q3*+1. The number of hydrogen-bond acceptors (Lipinski definition) is 6. The minimum Gasteiger partial charge on any atom is -0.456 e. The molecule has 0 fully saturated rings. The highest BCUT2D eigenvalue weighted by molar-refractivity contribution is 6.11. The molecule has 9 aromatic heterocycles. The largest absolute Gasteiger partial charge is 0.456 e. The van der Waals surface area contributed by atoms with E-state index in [0.717, 1.165) is 150 Å². The van der Waals surface area contributed by atoms with Crippen LogP contribution in [0.15, 0.2) is 250 Å². The molecule has 0 atom stereocenters. The average molecular weight is 1210 g/mol. The van der Waals surface area contributed by atoms with Crippen LogP contribution in [0, 0.1) is 20.8 Å². The van der Waals surface area contributed by atoms with Gasteiger partial charge in [0.2, 0.25) is 23.3 Å². The van der Waals surface area contributed by atoms with E-state index < -0.39 is 0 Å². The number of furan rings is 3. The number of rotatable bonds is 6. The third-order valence-electron chi connectivity index (χ3n) is 18.8. The molecule has 0 aliphatic heterocycles. The number of imidazole rings is 3. The molecule has 0 unspecified atom stereocenters. The Morgan fingerprint density at radius 1 is 0.312 bits per heavy atom. The molecule has 9 heterocycles. The summed E-state index contributed by atoms with van der Waals surface area (Å²) in [5.74, 6) is 2.94. The quantitative estimate of drug-likeness (QED) is 0.154. The van der Waals surface area contributed by atoms with Crippen molar-refractivity contribution >= 4 is 98.9 Å². The molecule has 0 bridgehead atoms. The predicted octanol–water partition coefficient (Wildman–Crippen LogP) is 17.8. The van der Waals surface area contributed by atoms with Crippen molar-refractivity contribution in [1.82, 2.24) is 28.7 Å². The molecule has 0 saturated carbocycles. The molecule has 0 amide bonds. The Kier molecular flexibility index (Phi) is 13.6. The number of hydrogen-bond donors (Lipinski definition) is 0. The van der Waals surface area contributed by atoms with Gasteiger partial charge in [0.15, 0.2) is 18.0 Å². The van der Waals surface area contributed by atoms with Crippen LogP contribution in [0.4, 0.5) is 0 Å². The van der Waals surface area contributed by atoms with Crippen molar-refractivity contribution in [3.8, 4) is 67.9 Å². The van der Waals surface area contributed by atoms with E-state index in [1.807, 2.05) is 60.7 Å². The lowest BCUT2D eigenvalue weighted by Gasteiger charge is -2.11. The first-order valence-corrected chi connectivity index (χ1v) is 31.3. The highest BCUT2D eigenvalue weighted by Gasteiger charge is 2.27. The first-order valence-electron chi connectivity index (χ1n) is 31.3. The number of pyridine rings is 3. The van der Waals surface area contributed by atoms with Crippen LogP contribution in [0.5, 0.6) is 0 Å². The van der Waals surface area contributed by atoms with Gasteiger partial charge in [0.25, 0.3) is 0 Å². The number of nitrogens with zero attached hydrogens (tertiary/aromatic N) is 9. The highest BCUT2D eigenvalue weighted by Crippen LogP contribution is 2.40. The maximum atomic E-state index is 6.15. The second kappa shape index (κ2) is 22.3. The molecule has 0 N–H and O–H groups in total. The van der Waals surface area contributed by atoms with Crippen molar-refractivity contribution in [2.45, 2.75) is 20.8 Å². The van der Waals surface area contributed by atoms with E-state index in [2.05, 4.69) is 267 Å². The summed E-state index contributed by atoms with van der Waals surface area (Å²) in [4.78, 5) is 14.8. The fraction of sp³-hybridized carbons (Fsp3) is 0.111. The normalized spacial score (nSPS) is 11.7. The second-order valence-electron chi connectivity index (χ2n) is 24.3. The number of benzene rings is 9. The van der Waals surface area contributed by atoms with Crippen molar-refractivity contribution in [3.05, 3.63) is 254 Å². The van der Waals surface area contributed by atoms with E-state index in [0.29, 0.717) is 0 Å². The van der Waals surface area contributed by atoms with Gasteiger partial charge in [-0.1, -0.05) is 127 Å². The first kappa shape index (κ1) is 56.5. The van der Waals surface area contributed by atoms with Gasteiger partial charge in [0.05, 0.1) is 50.1 Å². The van der Waals surface area contributed by atoms with Crippen molar-refractivity contribution in [2.24, 2.45) is 42.3 Å². The van der Waals surface area contributed by atoms with E-state index in [1.54, 1.807) is 0 Å². The summed E-state index contributed by atoms with van der Waals surface area (Å²) in [7, 11) is 12.5. The summed E-state index contributed by atoms with van der Waals surface area (Å²) in [6.45, 7) is 6.54. The zero-order chi connectivity index (χ0) is 63.3. The van der Waals surface area contributed by atoms with E-state index in [-0.39, 0.29) is 0 Å². The third kappa shape index (κ3) is 9.35. The van der Waals surface area contributed by atoms with Crippen molar-refractivity contribution in [1.29, 1.82) is 0 Å². The molecular weight excluding hydrogens is 1150 g/mol. The fourth-order valence-corrected chi connectivity index (χ4v) is 13.9. The molecule has 0 spiro atoms. The Bertz CT molecular complexity index is 6020. The summed E-state index contributed by atoms with van der Waals surface area (Å²) in [5.41, 5.74) is 25.9. The smallest absolute Gasteiger partial charge is 0.224 e. The van der Waals surface area contributed by atoms with Crippen LogP contribution in [0.2, 0.25) is 0 Å². The van der Waals surface area contributed by atoms with Gasteiger partial charge < -0.3 is 27.0 Å². The Hall–Kier alpha value is -11.8. The molecule has 18 aromatic rings. The summed E-state index contributed by atoms with van der Waals surface area (Å²) in [6, 6.07) is 75.3. The zero-order valence-corrected chi connectivity index (χ0v) is 53.3. The number of para-hydroxylation sites is 9. The Balaban J connectivity index is 0.000000111. The lowest BCUT2D eigenvalue weighted by atomic mass is 9.96. The Labute approximate surface area is 536 Å². The lowest BCUT2D eigenvalue weighted by molar-refractivity contribution is -0.659. The van der Waals surface area contributed by atoms with Crippen LogP contribution >= 0.6 is 0 Å². The van der Waals surface area contributed by atoms with E-state index in [4.69, 9.17) is 28.2 Å². The van der Waals surface area contributed by atoms with Crippen LogP contribution in [-0.4, -0.2) is 28.7 Å². The summed E-state index contributed by atoms with van der Waals surface area (Å²) >= 11 is 0. The van der Waals surface area contributed by atoms with E-state index >= 15 is 0 Å². The summed E-state index contributed by atoms with van der Waals surface area (Å²) in [6.07, 6.45) is 6.31. The molecule has 0 radical (unpaired) electrons. The van der Waals surface area contributed by atoms with E-state index in [9.17, 15) is 0 Å². The fourth-order valence-electron chi connectivity index (χ4n) is 13.9. The van der Waals surface area contributed by atoms with Gasteiger partial charge in [-0.3, -0.25) is 0 Å². The Morgan fingerprint density at radius 3 is 1.22 bits per heavy atom. The minimum absolute atomic E-state index is 0.900. The SMILES string of the molecule is Cc1c(-c2nc3ccccc3n2C)cccc1-c1c2c(cc[n+]1C)oc1ccccc12.Cc1c(-c2nc3ccccc3n2C)cccc1-c1cc2c(c[n+]1C)oc1ccccc12.Cc1c(-c2nc3ccccc3n2C)cccc1-c1cc2oc3ccccc3c2c[n+]1C. The Morgan fingerprint density at radius 2 is 0.699 bits per heavy atom. The van der Waals surface area contributed by atoms with Crippen molar-refractivity contribution in [2.75, 3.05) is 0 Å². The molecule has 9 aromatic carbocycles. The van der Waals surface area contributed by atoms with Crippen LogP contribution in [0.1, 0.15) is 16.7 Å². The average Bonchev–Trinajstić information content (AvgIpc) is 1.71. The van der Waals surface area contributed by atoms with Gasteiger partial charge >= 0.3 is 0 Å². The van der Waals surface area contributed by atoms with Crippen LogP contribution in [-0.2, 0) is 42.3 Å². The monoisotopic (exact) mass is 1210 g/mol. The zero-order valence-electron chi connectivity index (χ0n) is 53.3. The summed E-state index contributed by atoms with van der Waals surface area (Å²) < 4.78 is 31.4. The highest BCUT2D eigenvalue weighted by atomic mass is 16.3. The van der Waals surface area contributed by atoms with Crippen LogP contribution in [0.25, 0.3) is 167 Å². The molecule has 450 valence electrons. The summed E-state index contributed by atoms with van der Waals surface area (Å²) in [5, 5.41) is 6.83. The molecule has 93 heavy (non-hydrogen) atoms. The second-order valence-corrected chi connectivity index (χ2v) is 24.3. The lowest BCUT2D eigenvalue weighted by Crippen LogP contribution is -2.30. The molecule has 12 heteroatoms. The maximum absolute atomic E-state index is 6.15. The van der Waals surface area contributed by atoms with Crippen molar-refractivity contribution in [3.63, 3.8) is 0 Å². The van der Waals surface area contributed by atoms with Crippen LogP contribution in [0.3, 0.4) is 0 Å². The maximum Gasteiger partial charge on any atom is 0.224 e. The molecule has 0 saturated heterocycles. The number of aryl methyl sites for hydroxylation is 6. The third-order valence-corrected chi connectivity index (χ3v) is 18.8. The van der Waals surface area contributed by atoms with E-state index in [1.165, 1.54) is 33.4 Å². The molecule has 0 aliphatic rings. The topological polar surface area (TPSA) is 105 Å². The number of aromatic nitrogens is 9. The van der Waals surface area contributed by atoms with Gasteiger partial charge in [0, 0.05) is 82.6 Å². The minimum atomic E-state index is 0.900. The molecule has 12 nitrogen and oxygen atoms in total.